The highest BCUT2D eigenvalue weighted by atomic mass is 35.5. The van der Waals surface area contributed by atoms with Crippen molar-refractivity contribution in [1.82, 2.24) is 19.4 Å². The minimum atomic E-state index is -3.66. The first-order valence-corrected chi connectivity index (χ1v) is 14.6. The SMILES string of the molecule is C=CCN1C(=O)NC(c2ccccc2Cl)C(C(=O)OCC)=C1CN1CCN(S(=O)(=O)c2ccccc2)C(C)C1. The van der Waals surface area contributed by atoms with Gasteiger partial charge in [-0.1, -0.05) is 54.1 Å². The molecule has 208 valence electrons. The number of piperazine rings is 1. The van der Waals surface area contributed by atoms with Gasteiger partial charge in [-0.25, -0.2) is 18.0 Å². The van der Waals surface area contributed by atoms with Crippen molar-refractivity contribution in [3.63, 3.8) is 0 Å². The number of hydrogen-bond acceptors (Lipinski definition) is 6. The number of urea groups is 1. The Bertz CT molecular complexity index is 1370. The average Bonchev–Trinajstić information content (AvgIpc) is 2.91. The lowest BCUT2D eigenvalue weighted by Crippen LogP contribution is -2.56. The van der Waals surface area contributed by atoms with E-state index in [4.69, 9.17) is 16.3 Å². The van der Waals surface area contributed by atoms with Crippen molar-refractivity contribution in [2.75, 3.05) is 39.3 Å². The van der Waals surface area contributed by atoms with Gasteiger partial charge in [-0.15, -0.1) is 6.58 Å². The summed E-state index contributed by atoms with van der Waals surface area (Å²) in [6, 6.07) is 13.9. The predicted octanol–water partition coefficient (Wildman–Crippen LogP) is 3.80. The Hall–Kier alpha value is -3.18. The number of nitrogens with one attached hydrogen (secondary N) is 1. The molecule has 0 aliphatic carbocycles. The van der Waals surface area contributed by atoms with Gasteiger partial charge in [0.2, 0.25) is 10.0 Å². The second-order valence-corrected chi connectivity index (χ2v) is 11.7. The van der Waals surface area contributed by atoms with E-state index in [1.807, 2.05) is 6.92 Å². The Morgan fingerprint density at radius 1 is 1.15 bits per heavy atom. The van der Waals surface area contributed by atoms with Crippen molar-refractivity contribution >= 4 is 33.6 Å². The number of benzene rings is 2. The third-order valence-electron chi connectivity index (χ3n) is 6.84. The van der Waals surface area contributed by atoms with Gasteiger partial charge in [0.1, 0.15) is 0 Å². The number of nitrogens with zero attached hydrogens (tertiary/aromatic N) is 3. The smallest absolute Gasteiger partial charge is 0.338 e. The second kappa shape index (κ2) is 12.3. The zero-order valence-electron chi connectivity index (χ0n) is 22.0. The molecule has 11 heteroatoms. The van der Waals surface area contributed by atoms with Crippen LogP contribution in [-0.4, -0.2) is 79.9 Å². The molecule has 1 fully saturated rings. The van der Waals surface area contributed by atoms with Crippen LogP contribution < -0.4 is 5.32 Å². The van der Waals surface area contributed by atoms with Gasteiger partial charge in [-0.2, -0.15) is 4.31 Å². The molecule has 1 saturated heterocycles. The molecule has 0 saturated carbocycles. The molecule has 2 aromatic rings. The van der Waals surface area contributed by atoms with E-state index in [2.05, 4.69) is 16.8 Å². The highest BCUT2D eigenvalue weighted by Gasteiger charge is 2.40. The van der Waals surface area contributed by atoms with Gasteiger partial charge in [0.05, 0.1) is 23.1 Å². The number of amides is 2. The van der Waals surface area contributed by atoms with Crippen molar-refractivity contribution in [1.29, 1.82) is 0 Å². The number of esters is 1. The Morgan fingerprint density at radius 2 is 1.85 bits per heavy atom. The van der Waals surface area contributed by atoms with Gasteiger partial charge < -0.3 is 10.1 Å². The van der Waals surface area contributed by atoms with E-state index in [0.717, 1.165) is 0 Å². The number of hydrogen-bond donors (Lipinski definition) is 1. The van der Waals surface area contributed by atoms with Crippen molar-refractivity contribution in [3.8, 4) is 0 Å². The van der Waals surface area contributed by atoms with E-state index in [1.165, 1.54) is 9.21 Å². The van der Waals surface area contributed by atoms with E-state index >= 15 is 0 Å². The summed E-state index contributed by atoms with van der Waals surface area (Å²) in [5, 5.41) is 3.32. The molecule has 2 atom stereocenters. The summed E-state index contributed by atoms with van der Waals surface area (Å²) in [5.41, 5.74) is 1.35. The van der Waals surface area contributed by atoms with Crippen molar-refractivity contribution in [2.24, 2.45) is 0 Å². The lowest BCUT2D eigenvalue weighted by molar-refractivity contribution is -0.139. The number of rotatable bonds is 9. The van der Waals surface area contributed by atoms with Crippen LogP contribution in [0.2, 0.25) is 5.02 Å². The van der Waals surface area contributed by atoms with Crippen LogP contribution in [0.1, 0.15) is 25.5 Å². The fourth-order valence-electron chi connectivity index (χ4n) is 5.04. The fourth-order valence-corrected chi connectivity index (χ4v) is 6.92. The summed E-state index contributed by atoms with van der Waals surface area (Å²) >= 11 is 6.49. The summed E-state index contributed by atoms with van der Waals surface area (Å²) < 4.78 is 33.5. The van der Waals surface area contributed by atoms with Crippen LogP contribution in [0, 0.1) is 0 Å². The van der Waals surface area contributed by atoms with E-state index in [-0.39, 0.29) is 43.2 Å². The van der Waals surface area contributed by atoms with Crippen LogP contribution in [-0.2, 0) is 19.6 Å². The van der Waals surface area contributed by atoms with Gasteiger partial charge in [0.15, 0.2) is 0 Å². The Morgan fingerprint density at radius 3 is 2.49 bits per heavy atom. The van der Waals surface area contributed by atoms with Crippen LogP contribution in [0.4, 0.5) is 4.79 Å². The molecule has 2 aromatic carbocycles. The fraction of sp³-hybridized carbons (Fsp3) is 0.357. The minimum Gasteiger partial charge on any atom is -0.463 e. The van der Waals surface area contributed by atoms with Crippen LogP contribution in [0.5, 0.6) is 0 Å². The van der Waals surface area contributed by atoms with Crippen LogP contribution >= 0.6 is 11.6 Å². The molecule has 2 aliphatic heterocycles. The zero-order valence-corrected chi connectivity index (χ0v) is 23.6. The Labute approximate surface area is 234 Å². The summed E-state index contributed by atoms with van der Waals surface area (Å²) in [5.74, 6) is -0.551. The highest BCUT2D eigenvalue weighted by molar-refractivity contribution is 7.89. The minimum absolute atomic E-state index is 0.160. The molecule has 0 bridgehead atoms. The lowest BCUT2D eigenvalue weighted by Gasteiger charge is -2.42. The first-order chi connectivity index (χ1) is 18.7. The number of sulfonamides is 1. The van der Waals surface area contributed by atoms with Gasteiger partial charge in [-0.3, -0.25) is 9.80 Å². The van der Waals surface area contributed by atoms with E-state index in [9.17, 15) is 18.0 Å². The largest absolute Gasteiger partial charge is 0.463 e. The van der Waals surface area contributed by atoms with Gasteiger partial charge in [0, 0.05) is 49.5 Å². The third kappa shape index (κ3) is 6.04. The molecule has 0 radical (unpaired) electrons. The molecular weight excluding hydrogens is 540 g/mol. The summed E-state index contributed by atoms with van der Waals surface area (Å²) in [4.78, 5) is 30.4. The Balaban J connectivity index is 1.69. The zero-order chi connectivity index (χ0) is 28.2. The first-order valence-electron chi connectivity index (χ1n) is 12.8. The van der Waals surface area contributed by atoms with Crippen molar-refractivity contribution < 1.29 is 22.7 Å². The Kier molecular flexibility index (Phi) is 9.12. The van der Waals surface area contributed by atoms with E-state index in [1.54, 1.807) is 67.6 Å². The van der Waals surface area contributed by atoms with E-state index in [0.29, 0.717) is 34.9 Å². The third-order valence-corrected chi connectivity index (χ3v) is 9.21. The van der Waals surface area contributed by atoms with Gasteiger partial charge >= 0.3 is 12.0 Å². The molecule has 39 heavy (non-hydrogen) atoms. The molecule has 2 heterocycles. The second-order valence-electron chi connectivity index (χ2n) is 9.40. The molecule has 4 rings (SSSR count). The molecule has 2 aliphatic rings. The number of carbonyl (C=O) groups is 2. The van der Waals surface area contributed by atoms with Crippen LogP contribution in [0.15, 0.2) is 83.4 Å². The summed E-state index contributed by atoms with van der Waals surface area (Å²) in [6.07, 6.45) is 1.59. The lowest BCUT2D eigenvalue weighted by atomic mass is 9.94. The predicted molar refractivity (Wildman–Crippen MR) is 150 cm³/mol. The van der Waals surface area contributed by atoms with Gasteiger partial charge in [0.25, 0.3) is 0 Å². The normalized spacial score (nSPS) is 21.0. The molecule has 2 unspecified atom stereocenters. The number of ether oxygens (including phenoxy) is 1. The number of carbonyl (C=O) groups excluding carboxylic acids is 2. The molecule has 0 aromatic heterocycles. The number of halogens is 1. The maximum Gasteiger partial charge on any atom is 0.338 e. The first kappa shape index (κ1) is 28.8. The van der Waals surface area contributed by atoms with Crippen LogP contribution in [0.3, 0.4) is 0 Å². The summed E-state index contributed by atoms with van der Waals surface area (Å²) in [6.45, 7) is 9.02. The maximum absolute atomic E-state index is 13.4. The van der Waals surface area contributed by atoms with Gasteiger partial charge in [-0.05, 0) is 37.6 Å². The maximum atomic E-state index is 13.4. The van der Waals surface area contributed by atoms with Crippen molar-refractivity contribution in [2.45, 2.75) is 30.8 Å². The molecule has 2 amide bonds. The molecule has 9 nitrogen and oxygen atoms in total. The van der Waals surface area contributed by atoms with Crippen LogP contribution in [0.25, 0.3) is 0 Å². The average molecular weight is 573 g/mol. The van der Waals surface area contributed by atoms with E-state index < -0.39 is 22.0 Å². The summed E-state index contributed by atoms with van der Waals surface area (Å²) in [7, 11) is -3.66. The monoisotopic (exact) mass is 572 g/mol. The van der Waals surface area contributed by atoms with Crippen molar-refractivity contribution in [3.05, 3.63) is 89.1 Å². The molecule has 1 N–H and O–H groups in total. The topological polar surface area (TPSA) is 99.3 Å². The quantitative estimate of drug-likeness (QED) is 0.362. The molecular formula is C28H33ClN4O5S. The highest BCUT2D eigenvalue weighted by Crippen LogP contribution is 2.35. The molecule has 0 spiro atoms. The standard InChI is InChI=1S/C28H33ClN4O5S/c1-4-15-32-24(19-31-16-17-33(20(3)18-31)39(36,37)21-11-7-6-8-12-21)25(27(34)38-5-2)26(30-28(32)35)22-13-9-10-14-23(22)29/h4,6-14,20,26H,1,5,15-19H2,2-3H3,(H,30,35).